The Morgan fingerprint density at radius 3 is 2.45 bits per heavy atom. The lowest BCUT2D eigenvalue weighted by atomic mass is 10.1. The largest absolute Gasteiger partial charge is 0.494 e. The maximum absolute atomic E-state index is 13.1. The molecule has 0 fully saturated rings. The van der Waals surface area contributed by atoms with Gasteiger partial charge in [-0.15, -0.1) is 0 Å². The van der Waals surface area contributed by atoms with E-state index in [9.17, 15) is 12.8 Å². The molecule has 0 radical (unpaired) electrons. The monoisotopic (exact) mass is 305 g/mol. The predicted octanol–water partition coefficient (Wildman–Crippen LogP) is 2.25. The highest BCUT2D eigenvalue weighted by Gasteiger charge is 2.22. The molecular formula is C13H20FNO4S. The summed E-state index contributed by atoms with van der Waals surface area (Å²) in [5.41, 5.74) is 0.201. The van der Waals surface area contributed by atoms with E-state index in [-0.39, 0.29) is 23.1 Å². The number of nitrogens with one attached hydrogen (secondary N) is 1. The van der Waals surface area contributed by atoms with Gasteiger partial charge in [0.1, 0.15) is 11.6 Å². The number of halogens is 1. The SMILES string of the molecule is COc1cc(F)ccc1NS(=O)(=O)CC(OC)C(C)C. The fraction of sp³-hybridized carbons (Fsp3) is 0.538. The fourth-order valence-electron chi connectivity index (χ4n) is 1.71. The number of ether oxygens (including phenoxy) is 2. The zero-order valence-corrected chi connectivity index (χ0v) is 12.8. The van der Waals surface area contributed by atoms with E-state index in [4.69, 9.17) is 9.47 Å². The van der Waals surface area contributed by atoms with Crippen LogP contribution < -0.4 is 9.46 Å². The van der Waals surface area contributed by atoms with Gasteiger partial charge in [-0.2, -0.15) is 0 Å². The third-order valence-corrected chi connectivity index (χ3v) is 4.16. The van der Waals surface area contributed by atoms with Crippen molar-refractivity contribution in [1.82, 2.24) is 0 Å². The van der Waals surface area contributed by atoms with Crippen LogP contribution in [-0.2, 0) is 14.8 Å². The molecule has 0 bridgehead atoms. The Labute approximate surface area is 119 Å². The molecule has 20 heavy (non-hydrogen) atoms. The summed E-state index contributed by atoms with van der Waals surface area (Å²) in [5.74, 6) is -0.484. The average molecular weight is 305 g/mol. The lowest BCUT2D eigenvalue weighted by molar-refractivity contribution is 0.0829. The van der Waals surface area contributed by atoms with Crippen LogP contribution in [0.15, 0.2) is 18.2 Å². The van der Waals surface area contributed by atoms with E-state index in [0.717, 1.165) is 12.1 Å². The van der Waals surface area contributed by atoms with Crippen LogP contribution in [0.1, 0.15) is 13.8 Å². The van der Waals surface area contributed by atoms with Gasteiger partial charge in [0.05, 0.1) is 24.7 Å². The quantitative estimate of drug-likeness (QED) is 0.839. The first-order valence-corrected chi connectivity index (χ1v) is 7.81. The molecule has 5 nitrogen and oxygen atoms in total. The number of benzene rings is 1. The van der Waals surface area contributed by atoms with Crippen molar-refractivity contribution in [3.8, 4) is 5.75 Å². The second-order valence-electron chi connectivity index (χ2n) is 4.75. The minimum Gasteiger partial charge on any atom is -0.494 e. The van der Waals surface area contributed by atoms with E-state index in [1.54, 1.807) is 0 Å². The Balaban J connectivity index is 2.91. The Hall–Kier alpha value is -1.34. The fourth-order valence-corrected chi connectivity index (χ4v) is 3.25. The molecule has 1 aromatic rings. The minimum atomic E-state index is -3.61. The third kappa shape index (κ3) is 4.64. The van der Waals surface area contributed by atoms with Crippen molar-refractivity contribution in [3.05, 3.63) is 24.0 Å². The molecular weight excluding hydrogens is 285 g/mol. The van der Waals surface area contributed by atoms with Gasteiger partial charge in [-0.25, -0.2) is 12.8 Å². The Kier molecular flexibility index (Phi) is 5.76. The smallest absolute Gasteiger partial charge is 0.235 e. The lowest BCUT2D eigenvalue weighted by Crippen LogP contribution is -2.31. The molecule has 0 aliphatic rings. The molecule has 114 valence electrons. The standard InChI is InChI=1S/C13H20FNO4S/c1-9(2)13(19-4)8-20(16,17)15-11-6-5-10(14)7-12(11)18-3/h5-7,9,13,15H,8H2,1-4H3. The van der Waals surface area contributed by atoms with Crippen LogP contribution in [0.3, 0.4) is 0 Å². The molecule has 0 saturated heterocycles. The van der Waals surface area contributed by atoms with E-state index in [1.165, 1.54) is 20.3 Å². The van der Waals surface area contributed by atoms with Crippen LogP contribution >= 0.6 is 0 Å². The van der Waals surface area contributed by atoms with E-state index in [0.29, 0.717) is 0 Å². The summed E-state index contributed by atoms with van der Waals surface area (Å²) >= 11 is 0. The number of sulfonamides is 1. The molecule has 0 heterocycles. The summed E-state index contributed by atoms with van der Waals surface area (Å²) < 4.78 is 49.7. The van der Waals surface area contributed by atoms with Gasteiger partial charge in [0.15, 0.2) is 0 Å². The molecule has 0 aliphatic carbocycles. The molecule has 0 aromatic heterocycles. The van der Waals surface area contributed by atoms with Crippen molar-refractivity contribution in [1.29, 1.82) is 0 Å². The summed E-state index contributed by atoms with van der Waals surface area (Å²) in [5, 5.41) is 0. The van der Waals surface area contributed by atoms with Gasteiger partial charge in [0.25, 0.3) is 0 Å². The zero-order valence-electron chi connectivity index (χ0n) is 12.0. The topological polar surface area (TPSA) is 64.6 Å². The number of anilines is 1. The van der Waals surface area contributed by atoms with Crippen molar-refractivity contribution in [2.75, 3.05) is 24.7 Å². The minimum absolute atomic E-state index is 0.0617. The van der Waals surface area contributed by atoms with Crippen molar-refractivity contribution >= 4 is 15.7 Å². The van der Waals surface area contributed by atoms with Crippen LogP contribution in [-0.4, -0.2) is 34.5 Å². The summed E-state index contributed by atoms with van der Waals surface area (Å²) in [4.78, 5) is 0. The predicted molar refractivity (Wildman–Crippen MR) is 76.0 cm³/mol. The normalized spacial score (nSPS) is 13.3. The van der Waals surface area contributed by atoms with Gasteiger partial charge in [0.2, 0.25) is 10.0 Å². The maximum Gasteiger partial charge on any atom is 0.235 e. The second kappa shape index (κ2) is 6.90. The molecule has 1 N–H and O–H groups in total. The van der Waals surface area contributed by atoms with Gasteiger partial charge >= 0.3 is 0 Å². The molecule has 1 rings (SSSR count). The number of hydrogen-bond donors (Lipinski definition) is 1. The van der Waals surface area contributed by atoms with E-state index < -0.39 is 21.9 Å². The van der Waals surface area contributed by atoms with Crippen LogP contribution in [0, 0.1) is 11.7 Å². The highest BCUT2D eigenvalue weighted by molar-refractivity contribution is 7.92. The molecule has 1 atom stereocenters. The number of rotatable bonds is 7. The highest BCUT2D eigenvalue weighted by atomic mass is 32.2. The van der Waals surface area contributed by atoms with Gasteiger partial charge in [-0.1, -0.05) is 13.8 Å². The van der Waals surface area contributed by atoms with Crippen molar-refractivity contribution in [3.63, 3.8) is 0 Å². The lowest BCUT2D eigenvalue weighted by Gasteiger charge is -2.20. The third-order valence-electron chi connectivity index (χ3n) is 2.86. The molecule has 0 spiro atoms. The molecule has 0 saturated carbocycles. The maximum atomic E-state index is 13.1. The molecule has 1 aromatic carbocycles. The van der Waals surface area contributed by atoms with E-state index >= 15 is 0 Å². The van der Waals surface area contributed by atoms with Crippen LogP contribution in [0.2, 0.25) is 0 Å². The number of hydrogen-bond acceptors (Lipinski definition) is 4. The van der Waals surface area contributed by atoms with Crippen LogP contribution in [0.5, 0.6) is 5.75 Å². The van der Waals surface area contributed by atoms with Gasteiger partial charge in [-0.05, 0) is 18.1 Å². The van der Waals surface area contributed by atoms with Crippen LogP contribution in [0.25, 0.3) is 0 Å². The Morgan fingerprint density at radius 2 is 1.95 bits per heavy atom. The molecule has 7 heteroatoms. The van der Waals surface area contributed by atoms with Gasteiger partial charge < -0.3 is 9.47 Å². The summed E-state index contributed by atoms with van der Waals surface area (Å²) in [6.45, 7) is 3.75. The molecule has 1 unspecified atom stereocenters. The second-order valence-corrected chi connectivity index (χ2v) is 6.51. The highest BCUT2D eigenvalue weighted by Crippen LogP contribution is 2.26. The molecule has 0 amide bonds. The Morgan fingerprint density at radius 1 is 1.30 bits per heavy atom. The summed E-state index contributed by atoms with van der Waals surface area (Å²) in [6.07, 6.45) is -0.418. The zero-order chi connectivity index (χ0) is 15.3. The van der Waals surface area contributed by atoms with Crippen molar-refractivity contribution in [2.24, 2.45) is 5.92 Å². The molecule has 0 aliphatic heterocycles. The summed E-state index contributed by atoms with van der Waals surface area (Å²) in [6, 6.07) is 3.60. The average Bonchev–Trinajstić information content (AvgIpc) is 2.37. The van der Waals surface area contributed by atoms with E-state index in [1.807, 2.05) is 13.8 Å². The van der Waals surface area contributed by atoms with Crippen LogP contribution in [0.4, 0.5) is 10.1 Å². The first-order chi connectivity index (χ1) is 9.29. The number of methoxy groups -OCH3 is 2. The first-order valence-electron chi connectivity index (χ1n) is 6.16. The van der Waals surface area contributed by atoms with Crippen molar-refractivity contribution in [2.45, 2.75) is 20.0 Å². The van der Waals surface area contributed by atoms with Gasteiger partial charge in [-0.3, -0.25) is 4.72 Å². The Bertz CT molecular complexity index is 545. The first kappa shape index (κ1) is 16.7. The summed E-state index contributed by atoms with van der Waals surface area (Å²) in [7, 11) is -0.797. The van der Waals surface area contributed by atoms with E-state index in [2.05, 4.69) is 4.72 Å². The van der Waals surface area contributed by atoms with Gasteiger partial charge in [0, 0.05) is 13.2 Å². The van der Waals surface area contributed by atoms with Crippen molar-refractivity contribution < 1.29 is 22.3 Å².